The molecule has 1 aromatic rings. The molecule has 0 saturated heterocycles. The van der Waals surface area contributed by atoms with E-state index in [1.807, 2.05) is 0 Å². The van der Waals surface area contributed by atoms with Crippen molar-refractivity contribution in [1.29, 1.82) is 0 Å². The van der Waals surface area contributed by atoms with Crippen LogP contribution in [0.1, 0.15) is 178 Å². The Kier molecular flexibility index (Phi) is 25.5. The topological polar surface area (TPSA) is 27.7 Å². The average molecular weight is 721 g/mol. The standard InChI is InChI=1S/C42H84O3Si3/c1-10-19-25-31-46(16-7,32-26-20-11-2)43-40-37-41(44-47(17-8,33-27-21-12-3)34-28-22-13-4)39-42(38-40)45-48(18-9,35-29-23-14-5)36-30-24-15-6/h37-39H,10-36H2,1-9H3. The van der Waals surface area contributed by atoms with Crippen molar-refractivity contribution in [1.82, 2.24) is 0 Å². The third-order valence-electron chi connectivity index (χ3n) is 11.2. The van der Waals surface area contributed by atoms with E-state index in [0.29, 0.717) is 0 Å². The number of rotatable bonds is 33. The van der Waals surface area contributed by atoms with Crippen LogP contribution in [0.15, 0.2) is 18.2 Å². The molecule has 0 N–H and O–H groups in total. The van der Waals surface area contributed by atoms with Gasteiger partial charge >= 0.3 is 0 Å². The molecule has 0 heterocycles. The van der Waals surface area contributed by atoms with E-state index >= 15 is 0 Å². The van der Waals surface area contributed by atoms with Crippen LogP contribution in [0.4, 0.5) is 0 Å². The van der Waals surface area contributed by atoms with Gasteiger partial charge in [0.25, 0.3) is 25.0 Å². The average Bonchev–Trinajstić information content (AvgIpc) is 3.08. The molecule has 0 atom stereocenters. The van der Waals surface area contributed by atoms with Gasteiger partial charge in [-0.05, 0) is 54.4 Å². The maximum absolute atomic E-state index is 7.43. The molecule has 6 heteroatoms. The summed E-state index contributed by atoms with van der Waals surface area (Å²) in [7, 11) is -5.87. The quantitative estimate of drug-likeness (QED) is 0.0534. The fraction of sp³-hybridized carbons (Fsp3) is 0.857. The lowest BCUT2D eigenvalue weighted by atomic mass is 10.3. The number of hydrogen-bond acceptors (Lipinski definition) is 3. The second kappa shape index (κ2) is 27.0. The largest absolute Gasteiger partial charge is 0.543 e. The molecule has 3 nitrogen and oxygen atoms in total. The van der Waals surface area contributed by atoms with Crippen LogP contribution in [0.25, 0.3) is 0 Å². The van der Waals surface area contributed by atoms with Gasteiger partial charge in [-0.15, -0.1) is 0 Å². The van der Waals surface area contributed by atoms with Crippen molar-refractivity contribution in [2.24, 2.45) is 0 Å². The zero-order valence-electron chi connectivity index (χ0n) is 34.0. The smallest absolute Gasteiger partial charge is 0.251 e. The van der Waals surface area contributed by atoms with Crippen LogP contribution < -0.4 is 13.3 Å². The second-order valence-corrected chi connectivity index (χ2v) is 28.1. The summed E-state index contributed by atoms with van der Waals surface area (Å²) in [4.78, 5) is 0. The van der Waals surface area contributed by atoms with Gasteiger partial charge in [0.15, 0.2) is 0 Å². The second-order valence-electron chi connectivity index (χ2n) is 15.3. The molecule has 282 valence electrons. The van der Waals surface area contributed by atoms with Gasteiger partial charge in [-0.1, -0.05) is 178 Å². The first-order valence-electron chi connectivity index (χ1n) is 21.5. The Morgan fingerprint density at radius 1 is 0.312 bits per heavy atom. The molecule has 0 aliphatic heterocycles. The van der Waals surface area contributed by atoms with Crippen molar-refractivity contribution in [3.63, 3.8) is 0 Å². The van der Waals surface area contributed by atoms with Gasteiger partial charge in [0.1, 0.15) is 17.2 Å². The van der Waals surface area contributed by atoms with E-state index in [0.717, 1.165) is 17.2 Å². The van der Waals surface area contributed by atoms with Gasteiger partial charge in [-0.25, -0.2) is 0 Å². The summed E-state index contributed by atoms with van der Waals surface area (Å²) >= 11 is 0. The first kappa shape index (κ1) is 45.3. The van der Waals surface area contributed by atoms with Gasteiger partial charge in [0, 0.05) is 18.2 Å². The molecule has 1 aromatic carbocycles. The molecule has 0 spiro atoms. The van der Waals surface area contributed by atoms with Crippen LogP contribution in [0.2, 0.25) is 54.4 Å². The Morgan fingerprint density at radius 2 is 0.500 bits per heavy atom. The van der Waals surface area contributed by atoms with Crippen molar-refractivity contribution >= 4 is 25.0 Å². The number of benzene rings is 1. The van der Waals surface area contributed by atoms with Crippen molar-refractivity contribution in [2.75, 3.05) is 0 Å². The summed E-state index contributed by atoms with van der Waals surface area (Å²) in [5.74, 6) is 3.14. The van der Waals surface area contributed by atoms with Gasteiger partial charge < -0.3 is 13.3 Å². The molecule has 0 bridgehead atoms. The van der Waals surface area contributed by atoms with Crippen LogP contribution in [0.3, 0.4) is 0 Å². The third kappa shape index (κ3) is 17.5. The molecule has 0 amide bonds. The Bertz CT molecular complexity index is 752. The monoisotopic (exact) mass is 721 g/mol. The third-order valence-corrected chi connectivity index (χ3v) is 24.7. The first-order valence-corrected chi connectivity index (χ1v) is 29.1. The van der Waals surface area contributed by atoms with Crippen molar-refractivity contribution < 1.29 is 13.3 Å². The van der Waals surface area contributed by atoms with Crippen LogP contribution >= 0.6 is 0 Å². The zero-order chi connectivity index (χ0) is 35.6. The summed E-state index contributed by atoms with van der Waals surface area (Å²) in [6.07, 6.45) is 23.2. The summed E-state index contributed by atoms with van der Waals surface area (Å²) in [5, 5.41) is 0. The summed E-state index contributed by atoms with van der Waals surface area (Å²) in [6, 6.07) is 18.1. The van der Waals surface area contributed by atoms with Crippen LogP contribution in [-0.2, 0) is 0 Å². The van der Waals surface area contributed by atoms with E-state index in [9.17, 15) is 0 Å². The fourth-order valence-corrected chi connectivity index (χ4v) is 18.8. The SMILES string of the molecule is CCCCC[Si](CC)(CCCCC)Oc1cc(O[Si](CC)(CCCCC)CCCCC)cc(O[Si](CC)(CCCCC)CCCCC)c1. The molecule has 48 heavy (non-hydrogen) atoms. The Morgan fingerprint density at radius 3 is 0.646 bits per heavy atom. The molecule has 0 aliphatic rings. The van der Waals surface area contributed by atoms with Crippen LogP contribution in [0, 0.1) is 0 Å². The lowest BCUT2D eigenvalue weighted by Gasteiger charge is -2.35. The molecular formula is C42H84O3Si3. The minimum absolute atomic E-state index is 1.05. The van der Waals surface area contributed by atoms with Gasteiger partial charge in [-0.2, -0.15) is 0 Å². The fourth-order valence-electron chi connectivity index (χ4n) is 7.61. The normalized spacial score (nSPS) is 12.4. The van der Waals surface area contributed by atoms with Crippen molar-refractivity contribution in [3.8, 4) is 17.2 Å². The summed E-state index contributed by atoms with van der Waals surface area (Å²) in [6.45, 7) is 21.2. The van der Waals surface area contributed by atoms with E-state index in [4.69, 9.17) is 13.3 Å². The van der Waals surface area contributed by atoms with E-state index in [-0.39, 0.29) is 0 Å². The lowest BCUT2D eigenvalue weighted by Crippen LogP contribution is -2.42. The molecule has 0 aromatic heterocycles. The Hall–Kier alpha value is -0.729. The van der Waals surface area contributed by atoms with E-state index in [1.165, 1.54) is 170 Å². The maximum Gasteiger partial charge on any atom is 0.251 e. The van der Waals surface area contributed by atoms with Gasteiger partial charge in [0.05, 0.1) is 0 Å². The lowest BCUT2D eigenvalue weighted by molar-refractivity contribution is 0.476. The minimum atomic E-state index is -1.96. The van der Waals surface area contributed by atoms with E-state index in [1.54, 1.807) is 0 Å². The van der Waals surface area contributed by atoms with Crippen molar-refractivity contribution in [2.45, 2.75) is 232 Å². The zero-order valence-corrected chi connectivity index (χ0v) is 37.0. The molecule has 1 rings (SSSR count). The molecular weight excluding hydrogens is 637 g/mol. The van der Waals surface area contributed by atoms with E-state index < -0.39 is 25.0 Å². The van der Waals surface area contributed by atoms with Gasteiger partial charge in [0.2, 0.25) is 0 Å². The molecule has 0 aliphatic carbocycles. The molecule has 0 fully saturated rings. The predicted molar refractivity (Wildman–Crippen MR) is 223 cm³/mol. The van der Waals surface area contributed by atoms with E-state index in [2.05, 4.69) is 80.5 Å². The van der Waals surface area contributed by atoms with Crippen molar-refractivity contribution in [3.05, 3.63) is 18.2 Å². The molecule has 0 saturated carbocycles. The predicted octanol–water partition coefficient (Wildman–Crippen LogP) is 15.9. The van der Waals surface area contributed by atoms with Gasteiger partial charge in [-0.3, -0.25) is 0 Å². The summed E-state index contributed by atoms with van der Waals surface area (Å²) in [5.41, 5.74) is 0. The first-order chi connectivity index (χ1) is 23.3. The summed E-state index contributed by atoms with van der Waals surface area (Å²) < 4.78 is 22.3. The highest BCUT2D eigenvalue weighted by Gasteiger charge is 2.38. The Balaban J connectivity index is 3.71. The van der Waals surface area contributed by atoms with Crippen LogP contribution in [-0.4, -0.2) is 25.0 Å². The Labute approximate surface area is 304 Å². The maximum atomic E-state index is 7.43. The highest BCUT2D eigenvalue weighted by molar-refractivity contribution is 6.75. The number of unbranched alkanes of at least 4 members (excludes halogenated alkanes) is 12. The minimum Gasteiger partial charge on any atom is -0.543 e. The highest BCUT2D eigenvalue weighted by Crippen LogP contribution is 2.40. The number of hydrogen-bond donors (Lipinski definition) is 0. The molecule has 0 radical (unpaired) electrons. The van der Waals surface area contributed by atoms with Crippen LogP contribution in [0.5, 0.6) is 17.2 Å². The highest BCUT2D eigenvalue weighted by atomic mass is 28.4. The molecule has 0 unspecified atom stereocenters.